The first-order valence-corrected chi connectivity index (χ1v) is 9.10. The Kier molecular flexibility index (Phi) is 4.77. The molecule has 4 aromatic rings. The topological polar surface area (TPSA) is 53.1 Å². The second-order valence-electron chi connectivity index (χ2n) is 6.58. The Hall–Kier alpha value is -3.29. The molecule has 0 aliphatic rings. The summed E-state index contributed by atoms with van der Waals surface area (Å²) in [5, 5.41) is 4.95. The van der Waals surface area contributed by atoms with E-state index in [2.05, 4.69) is 21.6 Å². The number of aryl methyl sites for hydroxylation is 1. The lowest BCUT2D eigenvalue weighted by Crippen LogP contribution is -2.07. The molecule has 0 amide bonds. The van der Waals surface area contributed by atoms with Crippen LogP contribution in [0.25, 0.3) is 33.7 Å². The Morgan fingerprint density at radius 3 is 2.69 bits per heavy atom. The summed E-state index contributed by atoms with van der Waals surface area (Å²) in [5.74, 6) is 0.0744. The third-order valence-electron chi connectivity index (χ3n) is 4.70. The van der Waals surface area contributed by atoms with E-state index in [4.69, 9.17) is 9.26 Å². The number of methoxy groups -OCH3 is 1. The van der Waals surface area contributed by atoms with Gasteiger partial charge in [0, 0.05) is 34.8 Å². The van der Waals surface area contributed by atoms with Gasteiger partial charge in [-0.3, -0.25) is 0 Å². The predicted molar refractivity (Wildman–Crippen MR) is 103 cm³/mol. The molecule has 0 bridgehead atoms. The summed E-state index contributed by atoms with van der Waals surface area (Å²) in [5.41, 5.74) is 1.08. The molecule has 2 aromatic heterocycles. The number of benzene rings is 2. The van der Waals surface area contributed by atoms with Crippen molar-refractivity contribution in [1.82, 2.24) is 14.7 Å². The van der Waals surface area contributed by atoms with Crippen LogP contribution in [0.5, 0.6) is 5.75 Å². The summed E-state index contributed by atoms with van der Waals surface area (Å²) in [6.45, 7) is 2.99. The van der Waals surface area contributed by atoms with E-state index in [0.29, 0.717) is 5.82 Å². The molecule has 0 N–H and O–H groups in total. The fraction of sp³-hybridized carbons (Fsp3) is 0.238. The maximum absolute atomic E-state index is 13.3. The number of aromatic nitrogens is 3. The third-order valence-corrected chi connectivity index (χ3v) is 4.70. The molecule has 0 spiro atoms. The van der Waals surface area contributed by atoms with Crippen molar-refractivity contribution in [2.75, 3.05) is 7.11 Å². The van der Waals surface area contributed by atoms with Crippen LogP contribution in [0.1, 0.15) is 18.9 Å². The van der Waals surface area contributed by atoms with Crippen molar-refractivity contribution in [2.45, 2.75) is 26.1 Å². The molecule has 2 aromatic carbocycles. The predicted octanol–water partition coefficient (Wildman–Crippen LogP) is 5.80. The normalized spacial score (nSPS) is 11.9. The van der Waals surface area contributed by atoms with Crippen LogP contribution in [0.3, 0.4) is 0 Å². The van der Waals surface area contributed by atoms with Crippen molar-refractivity contribution < 1.29 is 22.4 Å². The highest BCUT2D eigenvalue weighted by molar-refractivity contribution is 5.93. The molecular weight excluding hydrogens is 383 g/mol. The first kappa shape index (κ1) is 19.0. The van der Waals surface area contributed by atoms with Crippen LogP contribution in [0, 0.1) is 0 Å². The molecule has 5 nitrogen and oxygen atoms in total. The number of ether oxygens (including phenoxy) is 1. The molecule has 0 aliphatic carbocycles. The molecular formula is C21H18F3N3O2. The SMILES string of the molecule is CCCn1ccc2c(-c3noc(-c4ccc(OC)c(C(F)(F)F)c4)n3)cccc21. The van der Waals surface area contributed by atoms with Gasteiger partial charge in [0.2, 0.25) is 5.82 Å². The number of halogens is 3. The minimum absolute atomic E-state index is 0.0122. The smallest absolute Gasteiger partial charge is 0.419 e. The van der Waals surface area contributed by atoms with Crippen LogP contribution in [0.2, 0.25) is 0 Å². The van der Waals surface area contributed by atoms with Crippen LogP contribution in [-0.2, 0) is 12.7 Å². The maximum atomic E-state index is 13.3. The Morgan fingerprint density at radius 2 is 1.97 bits per heavy atom. The fourth-order valence-corrected chi connectivity index (χ4v) is 3.37. The van der Waals surface area contributed by atoms with Gasteiger partial charge < -0.3 is 13.8 Å². The van der Waals surface area contributed by atoms with Gasteiger partial charge in [0.15, 0.2) is 0 Å². The molecule has 4 rings (SSSR count). The number of fused-ring (bicyclic) bond motifs is 1. The van der Waals surface area contributed by atoms with Gasteiger partial charge in [-0.1, -0.05) is 24.2 Å². The van der Waals surface area contributed by atoms with Crippen LogP contribution >= 0.6 is 0 Å². The molecule has 0 atom stereocenters. The van der Waals surface area contributed by atoms with Crippen molar-refractivity contribution in [1.29, 1.82) is 0 Å². The van der Waals surface area contributed by atoms with Gasteiger partial charge in [-0.15, -0.1) is 0 Å². The first-order valence-electron chi connectivity index (χ1n) is 9.10. The Bertz CT molecular complexity index is 1160. The lowest BCUT2D eigenvalue weighted by atomic mass is 10.1. The number of rotatable bonds is 5. The highest BCUT2D eigenvalue weighted by Gasteiger charge is 2.35. The Labute approximate surface area is 164 Å². The van der Waals surface area contributed by atoms with E-state index in [-0.39, 0.29) is 17.2 Å². The third kappa shape index (κ3) is 3.46. The monoisotopic (exact) mass is 401 g/mol. The summed E-state index contributed by atoms with van der Waals surface area (Å²) < 4.78 is 52.1. The zero-order chi connectivity index (χ0) is 20.6. The van der Waals surface area contributed by atoms with Crippen molar-refractivity contribution >= 4 is 10.9 Å². The average molecular weight is 401 g/mol. The van der Waals surface area contributed by atoms with Gasteiger partial charge in [-0.05, 0) is 36.8 Å². The van der Waals surface area contributed by atoms with Gasteiger partial charge >= 0.3 is 6.18 Å². The van der Waals surface area contributed by atoms with Crippen LogP contribution in [0.4, 0.5) is 13.2 Å². The number of alkyl halides is 3. The first-order chi connectivity index (χ1) is 13.9. The van der Waals surface area contributed by atoms with Crippen LogP contribution < -0.4 is 4.74 Å². The van der Waals surface area contributed by atoms with E-state index < -0.39 is 11.7 Å². The average Bonchev–Trinajstić information content (AvgIpc) is 3.35. The van der Waals surface area contributed by atoms with Crippen molar-refractivity contribution in [3.05, 3.63) is 54.2 Å². The molecule has 150 valence electrons. The summed E-state index contributed by atoms with van der Waals surface area (Å²) in [6, 6.07) is 11.4. The van der Waals surface area contributed by atoms with E-state index in [1.54, 1.807) is 0 Å². The Balaban J connectivity index is 1.76. The van der Waals surface area contributed by atoms with Crippen molar-refractivity contribution in [3.63, 3.8) is 0 Å². The number of hydrogen-bond acceptors (Lipinski definition) is 4. The molecule has 29 heavy (non-hydrogen) atoms. The van der Waals surface area contributed by atoms with E-state index in [0.717, 1.165) is 35.5 Å². The van der Waals surface area contributed by atoms with Gasteiger partial charge in [-0.2, -0.15) is 18.2 Å². The summed E-state index contributed by atoms with van der Waals surface area (Å²) in [6.07, 6.45) is -1.56. The van der Waals surface area contributed by atoms with E-state index in [9.17, 15) is 13.2 Å². The van der Waals surface area contributed by atoms with E-state index in [1.807, 2.05) is 30.5 Å². The van der Waals surface area contributed by atoms with Gasteiger partial charge in [0.25, 0.3) is 5.89 Å². The van der Waals surface area contributed by atoms with Gasteiger partial charge in [0.05, 0.1) is 12.7 Å². The van der Waals surface area contributed by atoms with Gasteiger partial charge in [-0.25, -0.2) is 0 Å². The Morgan fingerprint density at radius 1 is 1.14 bits per heavy atom. The highest BCUT2D eigenvalue weighted by atomic mass is 19.4. The number of nitrogens with zero attached hydrogens (tertiary/aromatic N) is 3. The standard InChI is InChI=1S/C21H18F3N3O2/c1-3-10-27-11-9-14-15(5-4-6-17(14)27)19-25-20(29-26-19)13-7-8-18(28-2)16(12-13)21(22,23)24/h4-9,11-12H,3,10H2,1-2H3. The maximum Gasteiger partial charge on any atom is 0.419 e. The number of hydrogen-bond donors (Lipinski definition) is 0. The van der Waals surface area contributed by atoms with Crippen LogP contribution in [-0.4, -0.2) is 21.8 Å². The molecule has 8 heteroatoms. The minimum Gasteiger partial charge on any atom is -0.496 e. The zero-order valence-corrected chi connectivity index (χ0v) is 15.8. The quantitative estimate of drug-likeness (QED) is 0.424. The zero-order valence-electron chi connectivity index (χ0n) is 15.8. The van der Waals surface area contributed by atoms with Crippen LogP contribution in [0.15, 0.2) is 53.2 Å². The summed E-state index contributed by atoms with van der Waals surface area (Å²) >= 11 is 0. The second kappa shape index (κ2) is 7.27. The second-order valence-corrected chi connectivity index (χ2v) is 6.58. The fourth-order valence-electron chi connectivity index (χ4n) is 3.37. The largest absolute Gasteiger partial charge is 0.496 e. The van der Waals surface area contributed by atoms with E-state index in [1.165, 1.54) is 19.2 Å². The molecule has 0 aliphatic heterocycles. The summed E-state index contributed by atoms with van der Waals surface area (Å²) in [7, 11) is 1.19. The molecule has 0 saturated heterocycles. The molecule has 0 unspecified atom stereocenters. The molecule has 2 heterocycles. The molecule has 0 fully saturated rings. The molecule has 0 saturated carbocycles. The molecule has 0 radical (unpaired) electrons. The lowest BCUT2D eigenvalue weighted by Gasteiger charge is -2.12. The van der Waals surface area contributed by atoms with Gasteiger partial charge in [0.1, 0.15) is 5.75 Å². The van der Waals surface area contributed by atoms with Crippen molar-refractivity contribution in [3.8, 4) is 28.6 Å². The highest BCUT2D eigenvalue weighted by Crippen LogP contribution is 2.39. The van der Waals surface area contributed by atoms with Crippen molar-refractivity contribution in [2.24, 2.45) is 0 Å². The minimum atomic E-state index is -4.56. The summed E-state index contributed by atoms with van der Waals surface area (Å²) in [4.78, 5) is 4.34. The lowest BCUT2D eigenvalue weighted by molar-refractivity contribution is -0.138. The van der Waals surface area contributed by atoms with E-state index >= 15 is 0 Å².